The zero-order chi connectivity index (χ0) is 13.9. The standard InChI is InChI=1S/C14H17NO3S/c1-14(2)15(8-12(9-16)19-14)13(17)18-10-11-6-4-3-5-7-11/h3-7,9,12H,8,10H2,1-2H3. The van der Waals surface area contributed by atoms with Crippen molar-refractivity contribution in [3.05, 3.63) is 35.9 Å². The summed E-state index contributed by atoms with van der Waals surface area (Å²) in [6.45, 7) is 4.51. The van der Waals surface area contributed by atoms with Gasteiger partial charge in [-0.3, -0.25) is 4.90 Å². The first kappa shape index (κ1) is 13.9. The Morgan fingerprint density at radius 1 is 1.47 bits per heavy atom. The van der Waals surface area contributed by atoms with E-state index >= 15 is 0 Å². The van der Waals surface area contributed by atoms with Crippen LogP contribution in [0.5, 0.6) is 0 Å². The molecule has 1 aliphatic heterocycles. The summed E-state index contributed by atoms with van der Waals surface area (Å²) in [6, 6.07) is 9.54. The molecule has 0 bridgehead atoms. The number of carbonyl (C=O) groups is 2. The van der Waals surface area contributed by atoms with E-state index in [-0.39, 0.29) is 18.0 Å². The molecule has 0 aliphatic carbocycles. The van der Waals surface area contributed by atoms with Gasteiger partial charge >= 0.3 is 6.09 Å². The molecule has 0 N–H and O–H groups in total. The molecule has 1 amide bonds. The Morgan fingerprint density at radius 2 is 2.16 bits per heavy atom. The molecule has 19 heavy (non-hydrogen) atoms. The van der Waals surface area contributed by atoms with Crippen LogP contribution >= 0.6 is 11.8 Å². The molecule has 4 nitrogen and oxygen atoms in total. The van der Waals surface area contributed by atoms with Gasteiger partial charge < -0.3 is 9.53 Å². The monoisotopic (exact) mass is 279 g/mol. The average molecular weight is 279 g/mol. The van der Waals surface area contributed by atoms with E-state index in [1.807, 2.05) is 44.2 Å². The predicted octanol–water partition coefficient (Wildman–Crippen LogP) is 2.68. The number of carbonyl (C=O) groups excluding carboxylic acids is 2. The number of rotatable bonds is 3. The van der Waals surface area contributed by atoms with Gasteiger partial charge in [0.05, 0.1) is 10.1 Å². The van der Waals surface area contributed by atoms with Crippen LogP contribution in [0.4, 0.5) is 4.79 Å². The topological polar surface area (TPSA) is 46.6 Å². The SMILES string of the molecule is CC1(C)SC(C=O)CN1C(=O)OCc1ccccc1. The number of amides is 1. The van der Waals surface area contributed by atoms with Gasteiger partial charge in [0.2, 0.25) is 0 Å². The lowest BCUT2D eigenvalue weighted by Crippen LogP contribution is -2.41. The van der Waals surface area contributed by atoms with Crippen molar-refractivity contribution in [2.75, 3.05) is 6.54 Å². The van der Waals surface area contributed by atoms with Crippen LogP contribution in [0.1, 0.15) is 19.4 Å². The van der Waals surface area contributed by atoms with E-state index < -0.39 is 4.87 Å². The smallest absolute Gasteiger partial charge is 0.411 e. The average Bonchev–Trinajstić information content (AvgIpc) is 2.72. The van der Waals surface area contributed by atoms with Crippen molar-refractivity contribution in [1.82, 2.24) is 4.90 Å². The maximum atomic E-state index is 12.1. The second kappa shape index (κ2) is 5.65. The van der Waals surface area contributed by atoms with Crippen LogP contribution in [0.3, 0.4) is 0 Å². The summed E-state index contributed by atoms with van der Waals surface area (Å²) in [6.07, 6.45) is 0.516. The lowest BCUT2D eigenvalue weighted by molar-refractivity contribution is -0.107. The van der Waals surface area contributed by atoms with Crippen molar-refractivity contribution in [3.8, 4) is 0 Å². The van der Waals surface area contributed by atoms with Crippen LogP contribution in [0.25, 0.3) is 0 Å². The molecule has 1 heterocycles. The number of hydrogen-bond acceptors (Lipinski definition) is 4. The Kier molecular flexibility index (Phi) is 4.14. The number of aldehydes is 1. The molecule has 1 saturated heterocycles. The van der Waals surface area contributed by atoms with Crippen LogP contribution in [0.15, 0.2) is 30.3 Å². The third-order valence-corrected chi connectivity index (χ3v) is 4.39. The Labute approximate surface area is 117 Å². The fourth-order valence-electron chi connectivity index (χ4n) is 2.03. The molecule has 1 aromatic rings. The first-order valence-electron chi connectivity index (χ1n) is 6.14. The van der Waals surface area contributed by atoms with E-state index in [1.54, 1.807) is 4.90 Å². The van der Waals surface area contributed by atoms with Gasteiger partial charge in [-0.1, -0.05) is 30.3 Å². The zero-order valence-electron chi connectivity index (χ0n) is 11.0. The van der Waals surface area contributed by atoms with E-state index in [0.29, 0.717) is 6.54 Å². The lowest BCUT2D eigenvalue weighted by atomic mass is 10.2. The van der Waals surface area contributed by atoms with Gasteiger partial charge in [-0.2, -0.15) is 0 Å². The fourth-order valence-corrected chi connectivity index (χ4v) is 3.33. The molecule has 1 unspecified atom stereocenters. The Bertz CT molecular complexity index is 461. The summed E-state index contributed by atoms with van der Waals surface area (Å²) in [5, 5.41) is -0.167. The molecule has 2 rings (SSSR count). The quantitative estimate of drug-likeness (QED) is 0.798. The van der Waals surface area contributed by atoms with Gasteiger partial charge in [0.25, 0.3) is 0 Å². The summed E-state index contributed by atoms with van der Waals surface area (Å²) in [5.41, 5.74) is 0.951. The molecule has 1 aromatic carbocycles. The normalized spacial score (nSPS) is 21.2. The second-order valence-corrected chi connectivity index (χ2v) is 6.73. The maximum absolute atomic E-state index is 12.1. The molecule has 0 radical (unpaired) electrons. The van der Waals surface area contributed by atoms with E-state index in [2.05, 4.69) is 0 Å². The Balaban J connectivity index is 1.95. The van der Waals surface area contributed by atoms with Crippen molar-refractivity contribution in [1.29, 1.82) is 0 Å². The lowest BCUT2D eigenvalue weighted by Gasteiger charge is -2.29. The number of thioether (sulfide) groups is 1. The largest absolute Gasteiger partial charge is 0.445 e. The molecule has 0 aromatic heterocycles. The highest BCUT2D eigenvalue weighted by Gasteiger charge is 2.42. The van der Waals surface area contributed by atoms with Gasteiger partial charge in [0, 0.05) is 6.54 Å². The van der Waals surface area contributed by atoms with E-state index in [0.717, 1.165) is 11.8 Å². The second-order valence-electron chi connectivity index (χ2n) is 4.89. The molecule has 0 spiro atoms. The molecule has 1 atom stereocenters. The van der Waals surface area contributed by atoms with Gasteiger partial charge in [0.1, 0.15) is 12.9 Å². The number of nitrogens with zero attached hydrogens (tertiary/aromatic N) is 1. The Morgan fingerprint density at radius 3 is 2.74 bits per heavy atom. The third kappa shape index (κ3) is 3.29. The molecule has 1 fully saturated rings. The Hall–Kier alpha value is -1.49. The van der Waals surface area contributed by atoms with Crippen LogP contribution in [-0.4, -0.2) is 33.9 Å². The van der Waals surface area contributed by atoms with E-state index in [1.165, 1.54) is 11.8 Å². The van der Waals surface area contributed by atoms with Gasteiger partial charge in [-0.25, -0.2) is 4.79 Å². The van der Waals surface area contributed by atoms with Crippen LogP contribution in [0, 0.1) is 0 Å². The van der Waals surface area contributed by atoms with Crippen LogP contribution in [-0.2, 0) is 16.1 Å². The molecular formula is C14H17NO3S. The van der Waals surface area contributed by atoms with Crippen molar-refractivity contribution in [2.45, 2.75) is 30.6 Å². The maximum Gasteiger partial charge on any atom is 0.411 e. The van der Waals surface area contributed by atoms with Crippen molar-refractivity contribution >= 4 is 24.1 Å². The van der Waals surface area contributed by atoms with Gasteiger partial charge in [-0.15, -0.1) is 11.8 Å². The third-order valence-electron chi connectivity index (χ3n) is 3.03. The number of hydrogen-bond donors (Lipinski definition) is 0. The van der Waals surface area contributed by atoms with E-state index in [4.69, 9.17) is 4.74 Å². The summed E-state index contributed by atoms with van der Waals surface area (Å²) in [7, 11) is 0. The molecule has 102 valence electrons. The highest BCUT2D eigenvalue weighted by molar-refractivity contribution is 8.02. The molecular weight excluding hydrogens is 262 g/mol. The fraction of sp³-hybridized carbons (Fsp3) is 0.429. The molecule has 5 heteroatoms. The first-order chi connectivity index (χ1) is 9.03. The number of benzene rings is 1. The minimum atomic E-state index is -0.403. The minimum absolute atomic E-state index is 0.167. The predicted molar refractivity (Wildman–Crippen MR) is 74.9 cm³/mol. The van der Waals surface area contributed by atoms with Crippen LogP contribution in [0.2, 0.25) is 0 Å². The highest BCUT2D eigenvalue weighted by Crippen LogP contribution is 2.39. The van der Waals surface area contributed by atoms with Gasteiger partial charge in [0.15, 0.2) is 0 Å². The zero-order valence-corrected chi connectivity index (χ0v) is 11.9. The highest BCUT2D eigenvalue weighted by atomic mass is 32.2. The van der Waals surface area contributed by atoms with Gasteiger partial charge in [-0.05, 0) is 19.4 Å². The van der Waals surface area contributed by atoms with Crippen molar-refractivity contribution in [3.63, 3.8) is 0 Å². The molecule has 0 saturated carbocycles. The summed E-state index contributed by atoms with van der Waals surface area (Å²) in [4.78, 5) is 24.1. The minimum Gasteiger partial charge on any atom is -0.445 e. The van der Waals surface area contributed by atoms with Crippen molar-refractivity contribution < 1.29 is 14.3 Å². The number of ether oxygens (including phenoxy) is 1. The summed E-state index contributed by atoms with van der Waals surface area (Å²) < 4.78 is 5.30. The first-order valence-corrected chi connectivity index (χ1v) is 7.02. The van der Waals surface area contributed by atoms with Crippen LogP contribution < -0.4 is 0 Å². The summed E-state index contributed by atoms with van der Waals surface area (Å²) >= 11 is 1.48. The molecule has 1 aliphatic rings. The van der Waals surface area contributed by atoms with E-state index in [9.17, 15) is 9.59 Å². The van der Waals surface area contributed by atoms with Crippen molar-refractivity contribution in [2.24, 2.45) is 0 Å². The summed E-state index contributed by atoms with van der Waals surface area (Å²) in [5.74, 6) is 0.